The van der Waals surface area contributed by atoms with E-state index in [0.717, 1.165) is 62.7 Å². The molecule has 0 radical (unpaired) electrons. The molecule has 1 aliphatic carbocycles. The number of aryl methyl sites for hydroxylation is 1. The highest BCUT2D eigenvalue weighted by molar-refractivity contribution is 5.92. The zero-order valence-electron chi connectivity index (χ0n) is 22.2. The lowest BCUT2D eigenvalue weighted by Crippen LogP contribution is -2.31. The Morgan fingerprint density at radius 1 is 1.05 bits per heavy atom. The molecule has 0 aromatic carbocycles. The molecule has 2 fully saturated rings. The lowest BCUT2D eigenvalue weighted by molar-refractivity contribution is 0.0787. The standard InChI is InChI=1S/C29H38N6O2/c1-20(2)17-35-19-23(24-16-31-33(3)18-24)14-27(29(35)37)32-25-9-6-21(7-10-25)22-8-11-26(30-15-22)28(36)34-12-4-5-13-34/h8,11,14-16,18-21,25,32H,4-7,9-10,12-13,17H2,1-3H3. The normalized spacial score (nSPS) is 19.9. The first kappa shape index (κ1) is 25.2. The Bertz CT molecular complexity index is 1280. The van der Waals surface area contributed by atoms with Crippen molar-refractivity contribution in [3.05, 3.63) is 64.6 Å². The molecule has 4 heterocycles. The molecule has 8 heteroatoms. The van der Waals surface area contributed by atoms with E-state index < -0.39 is 0 Å². The summed E-state index contributed by atoms with van der Waals surface area (Å²) in [4.78, 5) is 32.3. The van der Waals surface area contributed by atoms with Gasteiger partial charge in [0.15, 0.2) is 0 Å². The SMILES string of the molecule is CC(C)Cn1cc(-c2cnn(C)c2)cc(NC2CCC(c3ccc(C(=O)N4CCCC4)nc3)CC2)c1=O. The average Bonchev–Trinajstić information content (AvgIpc) is 3.59. The number of pyridine rings is 2. The molecule has 3 aromatic rings. The van der Waals surface area contributed by atoms with Gasteiger partial charge in [0.05, 0.1) is 6.20 Å². The van der Waals surface area contributed by atoms with Gasteiger partial charge in [-0.15, -0.1) is 0 Å². The molecule has 1 saturated carbocycles. The summed E-state index contributed by atoms with van der Waals surface area (Å²) in [6.07, 6.45) is 13.9. The van der Waals surface area contributed by atoms with E-state index in [2.05, 4.69) is 35.3 Å². The van der Waals surface area contributed by atoms with Gasteiger partial charge >= 0.3 is 0 Å². The van der Waals surface area contributed by atoms with Crippen LogP contribution in [0.1, 0.15) is 74.3 Å². The number of likely N-dealkylation sites (tertiary alicyclic amines) is 1. The van der Waals surface area contributed by atoms with E-state index in [9.17, 15) is 9.59 Å². The molecule has 1 amide bonds. The van der Waals surface area contributed by atoms with Gasteiger partial charge in [-0.2, -0.15) is 5.10 Å². The van der Waals surface area contributed by atoms with Crippen LogP contribution >= 0.6 is 0 Å². The van der Waals surface area contributed by atoms with Crippen molar-refractivity contribution in [2.24, 2.45) is 13.0 Å². The van der Waals surface area contributed by atoms with Gasteiger partial charge in [0.25, 0.3) is 11.5 Å². The molecule has 1 aliphatic heterocycles. The van der Waals surface area contributed by atoms with Crippen LogP contribution in [-0.2, 0) is 13.6 Å². The number of nitrogens with zero attached hydrogens (tertiary/aromatic N) is 5. The third-order valence-electron chi connectivity index (χ3n) is 7.64. The van der Waals surface area contributed by atoms with Crippen LogP contribution in [0.4, 0.5) is 5.69 Å². The monoisotopic (exact) mass is 502 g/mol. The Morgan fingerprint density at radius 2 is 1.81 bits per heavy atom. The van der Waals surface area contributed by atoms with E-state index in [1.54, 1.807) is 4.68 Å². The number of carbonyl (C=O) groups is 1. The lowest BCUT2D eigenvalue weighted by Gasteiger charge is -2.30. The molecule has 8 nitrogen and oxygen atoms in total. The van der Waals surface area contributed by atoms with Crippen LogP contribution in [0.15, 0.2) is 47.8 Å². The third kappa shape index (κ3) is 5.78. The molecule has 5 rings (SSSR count). The van der Waals surface area contributed by atoms with Gasteiger partial charge in [0.1, 0.15) is 11.4 Å². The minimum atomic E-state index is 0.0333. The van der Waals surface area contributed by atoms with Crippen molar-refractivity contribution in [1.82, 2.24) is 24.2 Å². The van der Waals surface area contributed by atoms with Gasteiger partial charge in [-0.25, -0.2) is 0 Å². The van der Waals surface area contributed by atoms with Crippen molar-refractivity contribution < 1.29 is 4.79 Å². The average molecular weight is 503 g/mol. The molecule has 0 spiro atoms. The molecule has 0 atom stereocenters. The van der Waals surface area contributed by atoms with E-state index in [-0.39, 0.29) is 17.5 Å². The summed E-state index contributed by atoms with van der Waals surface area (Å²) in [6.45, 7) is 6.61. The summed E-state index contributed by atoms with van der Waals surface area (Å²) in [5, 5.41) is 7.89. The molecular formula is C29H38N6O2. The molecule has 1 N–H and O–H groups in total. The Morgan fingerprint density at radius 3 is 2.43 bits per heavy atom. The van der Waals surface area contributed by atoms with Crippen LogP contribution < -0.4 is 10.9 Å². The van der Waals surface area contributed by atoms with Gasteiger partial charge < -0.3 is 14.8 Å². The molecule has 37 heavy (non-hydrogen) atoms. The largest absolute Gasteiger partial charge is 0.378 e. The van der Waals surface area contributed by atoms with Crippen molar-refractivity contribution in [2.75, 3.05) is 18.4 Å². The second kappa shape index (κ2) is 10.9. The second-order valence-corrected chi connectivity index (χ2v) is 11.1. The number of nitrogens with one attached hydrogen (secondary N) is 1. The van der Waals surface area contributed by atoms with E-state index in [1.165, 1.54) is 5.56 Å². The predicted octanol–water partition coefficient (Wildman–Crippen LogP) is 4.67. The van der Waals surface area contributed by atoms with Gasteiger partial charge in [0, 0.05) is 62.4 Å². The first-order chi connectivity index (χ1) is 17.9. The number of amides is 1. The van der Waals surface area contributed by atoms with E-state index in [1.807, 2.05) is 53.4 Å². The highest BCUT2D eigenvalue weighted by Gasteiger charge is 2.25. The van der Waals surface area contributed by atoms with Crippen LogP contribution in [0.25, 0.3) is 11.1 Å². The van der Waals surface area contributed by atoms with Crippen LogP contribution in [0.3, 0.4) is 0 Å². The number of rotatable bonds is 7. The fraction of sp³-hybridized carbons (Fsp3) is 0.517. The van der Waals surface area contributed by atoms with Crippen molar-refractivity contribution in [1.29, 1.82) is 0 Å². The second-order valence-electron chi connectivity index (χ2n) is 11.1. The highest BCUT2D eigenvalue weighted by atomic mass is 16.2. The lowest BCUT2D eigenvalue weighted by atomic mass is 9.82. The van der Waals surface area contributed by atoms with Crippen LogP contribution in [0, 0.1) is 5.92 Å². The summed E-state index contributed by atoms with van der Waals surface area (Å²) in [5.41, 5.74) is 4.45. The molecule has 0 bridgehead atoms. The van der Waals surface area contributed by atoms with Crippen LogP contribution in [0.2, 0.25) is 0 Å². The molecule has 1 saturated heterocycles. The summed E-state index contributed by atoms with van der Waals surface area (Å²) < 4.78 is 3.61. The van der Waals surface area contributed by atoms with Crippen molar-refractivity contribution >= 4 is 11.6 Å². The first-order valence-electron chi connectivity index (χ1n) is 13.6. The number of hydrogen-bond donors (Lipinski definition) is 1. The fourth-order valence-corrected chi connectivity index (χ4v) is 5.64. The Labute approximate surface area is 218 Å². The van der Waals surface area contributed by atoms with E-state index in [4.69, 9.17) is 0 Å². The maximum absolute atomic E-state index is 13.3. The zero-order valence-corrected chi connectivity index (χ0v) is 22.2. The van der Waals surface area contributed by atoms with E-state index in [0.29, 0.717) is 29.8 Å². The van der Waals surface area contributed by atoms with Crippen LogP contribution in [-0.4, -0.2) is 49.3 Å². The fourth-order valence-electron chi connectivity index (χ4n) is 5.64. The smallest absolute Gasteiger partial charge is 0.273 e. The Kier molecular flexibility index (Phi) is 7.44. The first-order valence-corrected chi connectivity index (χ1v) is 13.6. The van der Waals surface area contributed by atoms with Crippen molar-refractivity contribution in [3.8, 4) is 11.1 Å². The molecule has 0 unspecified atom stereocenters. The molecular weight excluding hydrogens is 464 g/mol. The highest BCUT2D eigenvalue weighted by Crippen LogP contribution is 2.34. The van der Waals surface area contributed by atoms with Crippen molar-refractivity contribution in [3.63, 3.8) is 0 Å². The Hall–Kier alpha value is -3.42. The summed E-state index contributed by atoms with van der Waals surface area (Å²) in [7, 11) is 1.90. The summed E-state index contributed by atoms with van der Waals surface area (Å²) in [6, 6.07) is 6.20. The predicted molar refractivity (Wildman–Crippen MR) is 146 cm³/mol. The summed E-state index contributed by atoms with van der Waals surface area (Å²) in [5.74, 6) is 0.852. The summed E-state index contributed by atoms with van der Waals surface area (Å²) >= 11 is 0. The minimum absolute atomic E-state index is 0.0333. The number of anilines is 1. The number of aromatic nitrogens is 4. The van der Waals surface area contributed by atoms with Crippen LogP contribution in [0.5, 0.6) is 0 Å². The maximum Gasteiger partial charge on any atom is 0.273 e. The minimum Gasteiger partial charge on any atom is -0.378 e. The third-order valence-corrected chi connectivity index (χ3v) is 7.64. The maximum atomic E-state index is 13.3. The van der Waals surface area contributed by atoms with Gasteiger partial charge in [-0.1, -0.05) is 19.9 Å². The molecule has 2 aliphatic rings. The van der Waals surface area contributed by atoms with Crippen molar-refractivity contribution in [2.45, 2.75) is 70.9 Å². The van der Waals surface area contributed by atoms with E-state index >= 15 is 0 Å². The van der Waals surface area contributed by atoms with Gasteiger partial charge in [0.2, 0.25) is 0 Å². The zero-order chi connectivity index (χ0) is 25.9. The Balaban J connectivity index is 1.25. The van der Waals surface area contributed by atoms with Gasteiger partial charge in [-0.05, 0) is 68.1 Å². The molecule has 3 aromatic heterocycles. The number of carbonyl (C=O) groups excluding carboxylic acids is 1. The quantitative estimate of drug-likeness (QED) is 0.507. The number of hydrogen-bond acceptors (Lipinski definition) is 5. The van der Waals surface area contributed by atoms with Gasteiger partial charge in [-0.3, -0.25) is 19.3 Å². The molecule has 196 valence electrons. The topological polar surface area (TPSA) is 85.1 Å².